The van der Waals surface area contributed by atoms with E-state index in [1.165, 1.54) is 13.0 Å². The molecule has 0 bridgehead atoms. The minimum Gasteiger partial charge on any atom is -0.481 e. The standard InChI is InChI=1S/C11H9F2N3O2S/c1-6-14-15-11(19-5-9(17)18)16(6)10-7(12)3-2-4-8(10)13/h2-4H,5H2,1H3,(H,17,18). The Hall–Kier alpha value is -1.96. The van der Waals surface area contributed by atoms with Crippen LogP contribution < -0.4 is 0 Å². The van der Waals surface area contributed by atoms with E-state index in [4.69, 9.17) is 5.11 Å². The molecule has 0 spiro atoms. The number of carbonyl (C=O) groups is 1. The van der Waals surface area contributed by atoms with Gasteiger partial charge in [-0.15, -0.1) is 10.2 Å². The van der Waals surface area contributed by atoms with Crippen LogP contribution >= 0.6 is 11.8 Å². The molecule has 0 saturated heterocycles. The molecule has 5 nitrogen and oxygen atoms in total. The van der Waals surface area contributed by atoms with Crippen LogP contribution in [-0.4, -0.2) is 31.6 Å². The molecule has 100 valence electrons. The average Bonchev–Trinajstić information content (AvgIpc) is 2.69. The third-order valence-corrected chi connectivity index (χ3v) is 3.19. The molecule has 0 fully saturated rings. The first-order chi connectivity index (χ1) is 9.00. The van der Waals surface area contributed by atoms with Crippen LogP contribution in [0.4, 0.5) is 8.78 Å². The summed E-state index contributed by atoms with van der Waals surface area (Å²) in [5, 5.41) is 16.2. The van der Waals surface area contributed by atoms with E-state index < -0.39 is 17.6 Å². The summed E-state index contributed by atoms with van der Waals surface area (Å²) in [6.07, 6.45) is 0. The minimum absolute atomic E-state index is 0.129. The third kappa shape index (κ3) is 2.73. The minimum atomic E-state index is -1.05. The zero-order valence-electron chi connectivity index (χ0n) is 9.80. The van der Waals surface area contributed by atoms with Crippen molar-refractivity contribution in [1.29, 1.82) is 0 Å². The molecule has 0 aliphatic heterocycles. The number of hydrogen-bond acceptors (Lipinski definition) is 4. The van der Waals surface area contributed by atoms with E-state index >= 15 is 0 Å². The fourth-order valence-corrected chi connectivity index (χ4v) is 2.23. The van der Waals surface area contributed by atoms with Crippen LogP contribution in [0.25, 0.3) is 5.69 Å². The van der Waals surface area contributed by atoms with Crippen molar-refractivity contribution >= 4 is 17.7 Å². The van der Waals surface area contributed by atoms with Crippen molar-refractivity contribution in [3.8, 4) is 5.69 Å². The van der Waals surface area contributed by atoms with E-state index in [0.29, 0.717) is 0 Å². The second-order valence-electron chi connectivity index (χ2n) is 3.62. The molecule has 0 amide bonds. The van der Waals surface area contributed by atoms with Crippen LogP contribution in [0.5, 0.6) is 0 Å². The quantitative estimate of drug-likeness (QED) is 0.871. The molecule has 2 rings (SSSR count). The Balaban J connectivity index is 2.49. The normalized spacial score (nSPS) is 10.7. The van der Waals surface area contributed by atoms with Gasteiger partial charge >= 0.3 is 5.97 Å². The number of rotatable bonds is 4. The summed E-state index contributed by atoms with van der Waals surface area (Å²) < 4.78 is 28.6. The number of carboxylic acids is 1. The highest BCUT2D eigenvalue weighted by atomic mass is 32.2. The molecule has 0 saturated carbocycles. The lowest BCUT2D eigenvalue weighted by Gasteiger charge is -2.09. The number of carboxylic acid groups (broad SMARTS) is 1. The van der Waals surface area contributed by atoms with Gasteiger partial charge in [0, 0.05) is 0 Å². The Morgan fingerprint density at radius 3 is 2.58 bits per heavy atom. The summed E-state index contributed by atoms with van der Waals surface area (Å²) in [5.74, 6) is -2.57. The van der Waals surface area contributed by atoms with E-state index in [1.54, 1.807) is 0 Å². The van der Waals surface area contributed by atoms with E-state index in [0.717, 1.165) is 28.5 Å². The second-order valence-corrected chi connectivity index (χ2v) is 4.56. The van der Waals surface area contributed by atoms with Crippen LogP contribution in [0.3, 0.4) is 0 Å². The van der Waals surface area contributed by atoms with Crippen LogP contribution in [0.1, 0.15) is 5.82 Å². The van der Waals surface area contributed by atoms with E-state index in [1.807, 2.05) is 0 Å². The third-order valence-electron chi connectivity index (χ3n) is 2.28. The van der Waals surface area contributed by atoms with Gasteiger partial charge in [-0.3, -0.25) is 9.36 Å². The Morgan fingerprint density at radius 1 is 1.37 bits per heavy atom. The number of aliphatic carboxylic acids is 1. The topological polar surface area (TPSA) is 68.0 Å². The first-order valence-electron chi connectivity index (χ1n) is 5.21. The van der Waals surface area contributed by atoms with Gasteiger partial charge < -0.3 is 5.11 Å². The number of thioether (sulfide) groups is 1. The molecule has 1 heterocycles. The van der Waals surface area contributed by atoms with E-state index in [9.17, 15) is 13.6 Å². The molecule has 0 radical (unpaired) electrons. The van der Waals surface area contributed by atoms with Gasteiger partial charge in [-0.2, -0.15) is 0 Å². The highest BCUT2D eigenvalue weighted by Crippen LogP contribution is 2.25. The van der Waals surface area contributed by atoms with Crippen LogP contribution in [0.2, 0.25) is 0 Å². The van der Waals surface area contributed by atoms with Crippen molar-refractivity contribution in [2.45, 2.75) is 12.1 Å². The zero-order chi connectivity index (χ0) is 14.0. The highest BCUT2D eigenvalue weighted by molar-refractivity contribution is 7.99. The molecule has 8 heteroatoms. The largest absolute Gasteiger partial charge is 0.481 e. The van der Waals surface area contributed by atoms with Gasteiger partial charge in [0.15, 0.2) is 5.16 Å². The zero-order valence-corrected chi connectivity index (χ0v) is 10.6. The Kier molecular flexibility index (Phi) is 3.79. The molecular weight excluding hydrogens is 276 g/mol. The second kappa shape index (κ2) is 5.35. The molecule has 1 aromatic carbocycles. The fraction of sp³-hybridized carbons (Fsp3) is 0.182. The van der Waals surface area contributed by atoms with Crippen molar-refractivity contribution < 1.29 is 18.7 Å². The molecule has 1 aromatic heterocycles. The number of aryl methyl sites for hydroxylation is 1. The highest BCUT2D eigenvalue weighted by Gasteiger charge is 2.19. The smallest absolute Gasteiger partial charge is 0.313 e. The number of halogens is 2. The molecule has 2 aromatic rings. The van der Waals surface area contributed by atoms with Gasteiger partial charge in [-0.1, -0.05) is 17.8 Å². The summed E-state index contributed by atoms with van der Waals surface area (Å²) in [6, 6.07) is 3.48. The maximum atomic E-state index is 13.7. The average molecular weight is 285 g/mol. The first kappa shape index (κ1) is 13.5. The molecule has 0 atom stereocenters. The number of para-hydroxylation sites is 1. The maximum absolute atomic E-state index is 13.7. The van der Waals surface area contributed by atoms with Crippen molar-refractivity contribution in [2.75, 3.05) is 5.75 Å². The Bertz CT molecular complexity index is 610. The van der Waals surface area contributed by atoms with Crippen molar-refractivity contribution in [3.63, 3.8) is 0 Å². The van der Waals surface area contributed by atoms with Gasteiger partial charge in [0.2, 0.25) is 0 Å². The lowest BCUT2D eigenvalue weighted by molar-refractivity contribution is -0.133. The Morgan fingerprint density at radius 2 is 2.00 bits per heavy atom. The number of benzene rings is 1. The summed E-state index contributed by atoms with van der Waals surface area (Å²) in [4.78, 5) is 10.5. The van der Waals surface area contributed by atoms with Gasteiger partial charge in [-0.25, -0.2) is 8.78 Å². The van der Waals surface area contributed by atoms with E-state index in [-0.39, 0.29) is 22.4 Å². The molecular formula is C11H9F2N3O2S. The molecule has 19 heavy (non-hydrogen) atoms. The van der Waals surface area contributed by atoms with Crippen molar-refractivity contribution in [2.24, 2.45) is 0 Å². The summed E-state index contributed by atoms with van der Waals surface area (Å²) >= 11 is 0.845. The summed E-state index contributed by atoms with van der Waals surface area (Å²) in [6.45, 7) is 1.53. The monoisotopic (exact) mass is 285 g/mol. The van der Waals surface area contributed by atoms with Gasteiger partial charge in [-0.05, 0) is 19.1 Å². The predicted molar refractivity (Wildman–Crippen MR) is 64.4 cm³/mol. The maximum Gasteiger partial charge on any atom is 0.313 e. The molecule has 0 aliphatic rings. The van der Waals surface area contributed by atoms with Crippen LogP contribution in [0.15, 0.2) is 23.4 Å². The first-order valence-corrected chi connectivity index (χ1v) is 6.20. The molecule has 0 aliphatic carbocycles. The fourth-order valence-electron chi connectivity index (χ4n) is 1.52. The van der Waals surface area contributed by atoms with Gasteiger partial charge in [0.1, 0.15) is 23.1 Å². The van der Waals surface area contributed by atoms with Gasteiger partial charge in [0.05, 0.1) is 5.75 Å². The number of aromatic nitrogens is 3. The summed E-state index contributed by atoms with van der Waals surface area (Å²) in [7, 11) is 0. The molecule has 0 unspecified atom stereocenters. The predicted octanol–water partition coefficient (Wildman–Crippen LogP) is 2.03. The van der Waals surface area contributed by atoms with Crippen molar-refractivity contribution in [1.82, 2.24) is 14.8 Å². The number of hydrogen-bond donors (Lipinski definition) is 1. The van der Waals surface area contributed by atoms with Crippen LogP contribution in [-0.2, 0) is 4.79 Å². The Labute approximate surface area is 111 Å². The SMILES string of the molecule is Cc1nnc(SCC(=O)O)n1-c1c(F)cccc1F. The van der Waals surface area contributed by atoms with Gasteiger partial charge in [0.25, 0.3) is 0 Å². The van der Waals surface area contributed by atoms with Crippen LogP contribution in [0, 0.1) is 18.6 Å². The number of nitrogens with zero attached hydrogens (tertiary/aromatic N) is 3. The lowest BCUT2D eigenvalue weighted by atomic mass is 10.3. The lowest BCUT2D eigenvalue weighted by Crippen LogP contribution is -2.06. The van der Waals surface area contributed by atoms with E-state index in [2.05, 4.69) is 10.2 Å². The van der Waals surface area contributed by atoms with Crippen molar-refractivity contribution in [3.05, 3.63) is 35.7 Å². The molecule has 1 N–H and O–H groups in total. The summed E-state index contributed by atoms with van der Waals surface area (Å²) in [5.41, 5.74) is -0.308.